The molecule has 172 valence electrons. The zero-order chi connectivity index (χ0) is 23.5. The number of carbonyl (C=O) groups is 2. The Morgan fingerprint density at radius 2 is 1.42 bits per heavy atom. The van der Waals surface area contributed by atoms with Crippen molar-refractivity contribution in [2.75, 3.05) is 25.1 Å². The minimum Gasteiger partial charge on any atom is -0.490 e. The molecular formula is C24H21F2NO6. The van der Waals surface area contributed by atoms with E-state index in [1.54, 1.807) is 18.2 Å². The lowest BCUT2D eigenvalue weighted by atomic mass is 10.2. The van der Waals surface area contributed by atoms with Gasteiger partial charge >= 0.3 is 12.6 Å². The number of hydrogen-bond donors (Lipinski definition) is 1. The molecule has 0 spiro atoms. The molecule has 0 aromatic heterocycles. The van der Waals surface area contributed by atoms with Crippen molar-refractivity contribution in [2.24, 2.45) is 0 Å². The Morgan fingerprint density at radius 1 is 0.788 bits per heavy atom. The summed E-state index contributed by atoms with van der Waals surface area (Å²) in [4.78, 5) is 24.6. The van der Waals surface area contributed by atoms with E-state index in [0.29, 0.717) is 5.75 Å². The lowest BCUT2D eigenvalue weighted by Crippen LogP contribution is -2.22. The van der Waals surface area contributed by atoms with E-state index >= 15 is 0 Å². The standard InChI is InChI=1S/C24H21F2NO6/c25-24(26)33-21-13-7-5-11-19(21)27-22(28)16-32-23(29)18-10-4-6-12-20(18)31-15-14-30-17-8-2-1-3-9-17/h1-13,24H,14-16H2,(H,27,28). The first-order valence-electron chi connectivity index (χ1n) is 9.93. The van der Waals surface area contributed by atoms with E-state index in [2.05, 4.69) is 10.1 Å². The minimum absolute atomic E-state index is 0.0287. The maximum absolute atomic E-state index is 12.5. The summed E-state index contributed by atoms with van der Waals surface area (Å²) < 4.78 is 45.5. The van der Waals surface area contributed by atoms with Crippen LogP contribution >= 0.6 is 0 Å². The van der Waals surface area contributed by atoms with E-state index in [1.807, 2.05) is 30.3 Å². The monoisotopic (exact) mass is 457 g/mol. The van der Waals surface area contributed by atoms with Gasteiger partial charge in [0, 0.05) is 0 Å². The van der Waals surface area contributed by atoms with E-state index in [1.165, 1.54) is 30.3 Å². The van der Waals surface area contributed by atoms with Crippen LogP contribution in [0.3, 0.4) is 0 Å². The molecule has 1 amide bonds. The molecule has 0 fully saturated rings. The molecule has 0 aliphatic rings. The van der Waals surface area contributed by atoms with Gasteiger partial charge in [0.2, 0.25) is 0 Å². The van der Waals surface area contributed by atoms with Gasteiger partial charge in [-0.25, -0.2) is 4.79 Å². The summed E-state index contributed by atoms with van der Waals surface area (Å²) in [5, 5.41) is 2.37. The highest BCUT2D eigenvalue weighted by atomic mass is 19.3. The third kappa shape index (κ3) is 7.49. The fraction of sp³-hybridized carbons (Fsp3) is 0.167. The van der Waals surface area contributed by atoms with Crippen molar-refractivity contribution in [1.29, 1.82) is 0 Å². The zero-order valence-electron chi connectivity index (χ0n) is 17.4. The number of hydrogen-bond acceptors (Lipinski definition) is 6. The van der Waals surface area contributed by atoms with Gasteiger partial charge in [-0.2, -0.15) is 8.78 Å². The highest BCUT2D eigenvalue weighted by molar-refractivity contribution is 5.97. The van der Waals surface area contributed by atoms with Gasteiger partial charge in [0.1, 0.15) is 36.0 Å². The molecule has 0 unspecified atom stereocenters. The number of esters is 1. The Morgan fingerprint density at radius 3 is 2.18 bits per heavy atom. The van der Waals surface area contributed by atoms with Gasteiger partial charge in [0.25, 0.3) is 5.91 Å². The van der Waals surface area contributed by atoms with Gasteiger partial charge in [0.15, 0.2) is 6.61 Å². The van der Waals surface area contributed by atoms with Gasteiger partial charge in [0.05, 0.1) is 5.69 Å². The second-order valence-electron chi connectivity index (χ2n) is 6.51. The van der Waals surface area contributed by atoms with Crippen LogP contribution in [0.1, 0.15) is 10.4 Å². The highest BCUT2D eigenvalue weighted by Crippen LogP contribution is 2.25. The Balaban J connectivity index is 1.51. The first kappa shape index (κ1) is 23.5. The van der Waals surface area contributed by atoms with Crippen LogP contribution in [0.15, 0.2) is 78.9 Å². The van der Waals surface area contributed by atoms with Crippen LogP contribution in [0.4, 0.5) is 14.5 Å². The summed E-state index contributed by atoms with van der Waals surface area (Å²) in [6, 6.07) is 21.3. The fourth-order valence-corrected chi connectivity index (χ4v) is 2.75. The van der Waals surface area contributed by atoms with E-state index in [9.17, 15) is 18.4 Å². The van der Waals surface area contributed by atoms with Crippen LogP contribution in [-0.2, 0) is 9.53 Å². The van der Waals surface area contributed by atoms with Gasteiger partial charge in [-0.1, -0.05) is 42.5 Å². The van der Waals surface area contributed by atoms with Crippen LogP contribution in [0.25, 0.3) is 0 Å². The second-order valence-corrected chi connectivity index (χ2v) is 6.51. The second kappa shape index (κ2) is 12.0. The number of nitrogens with one attached hydrogen (secondary N) is 1. The largest absolute Gasteiger partial charge is 0.490 e. The van der Waals surface area contributed by atoms with E-state index in [4.69, 9.17) is 14.2 Å². The quantitative estimate of drug-likeness (QED) is 0.336. The molecule has 0 aliphatic heterocycles. The molecule has 0 atom stereocenters. The maximum Gasteiger partial charge on any atom is 0.387 e. The first-order valence-corrected chi connectivity index (χ1v) is 9.93. The average molecular weight is 457 g/mol. The average Bonchev–Trinajstić information content (AvgIpc) is 2.82. The van der Waals surface area contributed by atoms with Crippen molar-refractivity contribution in [3.63, 3.8) is 0 Å². The topological polar surface area (TPSA) is 83.1 Å². The number of benzene rings is 3. The van der Waals surface area contributed by atoms with Crippen LogP contribution in [0.5, 0.6) is 17.2 Å². The van der Waals surface area contributed by atoms with Crippen molar-refractivity contribution >= 4 is 17.6 Å². The third-order valence-electron chi connectivity index (χ3n) is 4.17. The van der Waals surface area contributed by atoms with E-state index in [0.717, 1.165) is 0 Å². The minimum atomic E-state index is -3.05. The molecule has 0 heterocycles. The smallest absolute Gasteiger partial charge is 0.387 e. The summed E-state index contributed by atoms with van der Waals surface area (Å²) in [7, 11) is 0. The van der Waals surface area contributed by atoms with Crippen LogP contribution in [0.2, 0.25) is 0 Å². The van der Waals surface area contributed by atoms with Crippen molar-refractivity contribution in [3.8, 4) is 17.2 Å². The number of alkyl halides is 2. The van der Waals surface area contributed by atoms with E-state index < -0.39 is 25.1 Å². The fourth-order valence-electron chi connectivity index (χ4n) is 2.75. The molecule has 9 heteroatoms. The maximum atomic E-state index is 12.5. The van der Waals surface area contributed by atoms with Crippen molar-refractivity contribution in [2.45, 2.75) is 6.61 Å². The molecule has 0 aliphatic carbocycles. The molecule has 0 saturated carbocycles. The predicted octanol–water partition coefficient (Wildman–Crippen LogP) is 4.54. The molecule has 0 radical (unpaired) electrons. The normalized spacial score (nSPS) is 10.4. The van der Waals surface area contributed by atoms with Crippen molar-refractivity contribution in [3.05, 3.63) is 84.4 Å². The lowest BCUT2D eigenvalue weighted by Gasteiger charge is -2.13. The molecule has 0 bridgehead atoms. The molecule has 33 heavy (non-hydrogen) atoms. The van der Waals surface area contributed by atoms with Crippen LogP contribution < -0.4 is 19.5 Å². The summed E-state index contributed by atoms with van der Waals surface area (Å²) in [6.07, 6.45) is 0. The molecular weight excluding hydrogens is 436 g/mol. The number of rotatable bonds is 11. The van der Waals surface area contributed by atoms with Gasteiger partial charge < -0.3 is 24.3 Å². The van der Waals surface area contributed by atoms with Gasteiger partial charge in [-0.3, -0.25) is 4.79 Å². The number of para-hydroxylation sites is 4. The molecule has 1 N–H and O–H groups in total. The zero-order valence-corrected chi connectivity index (χ0v) is 17.4. The highest BCUT2D eigenvalue weighted by Gasteiger charge is 2.17. The van der Waals surface area contributed by atoms with Crippen LogP contribution in [-0.4, -0.2) is 38.3 Å². The van der Waals surface area contributed by atoms with Crippen molar-refractivity contribution in [1.82, 2.24) is 0 Å². The summed E-state index contributed by atoms with van der Waals surface area (Å²) in [5.74, 6) is -0.732. The SMILES string of the molecule is O=C(COC(=O)c1ccccc1OCCOc1ccccc1)Nc1ccccc1OC(F)F. The Hall–Kier alpha value is -4.14. The number of amides is 1. The summed E-state index contributed by atoms with van der Waals surface area (Å²) in [5.41, 5.74) is 0.160. The summed E-state index contributed by atoms with van der Waals surface area (Å²) >= 11 is 0. The van der Waals surface area contributed by atoms with Crippen molar-refractivity contribution < 1.29 is 37.3 Å². The van der Waals surface area contributed by atoms with Gasteiger partial charge in [-0.15, -0.1) is 0 Å². The lowest BCUT2D eigenvalue weighted by molar-refractivity contribution is -0.119. The van der Waals surface area contributed by atoms with Crippen LogP contribution in [0, 0.1) is 0 Å². The van der Waals surface area contributed by atoms with E-state index in [-0.39, 0.29) is 36.0 Å². The third-order valence-corrected chi connectivity index (χ3v) is 4.17. The molecule has 3 aromatic rings. The molecule has 3 aromatic carbocycles. The predicted molar refractivity (Wildman–Crippen MR) is 116 cm³/mol. The number of halogens is 2. The number of anilines is 1. The van der Waals surface area contributed by atoms with Gasteiger partial charge in [-0.05, 0) is 36.4 Å². The Bertz CT molecular complexity index is 1060. The first-order chi connectivity index (χ1) is 16.0. The summed E-state index contributed by atoms with van der Waals surface area (Å²) in [6.45, 7) is -3.24. The molecule has 3 rings (SSSR count). The number of ether oxygens (including phenoxy) is 4. The number of carbonyl (C=O) groups excluding carboxylic acids is 2. The molecule has 0 saturated heterocycles. The Labute approximate surface area is 188 Å². The Kier molecular flexibility index (Phi) is 8.58. The molecule has 7 nitrogen and oxygen atoms in total.